The second kappa shape index (κ2) is 8.62. The normalized spacial score (nSPS) is 18.3. The van der Waals surface area contributed by atoms with Gasteiger partial charge in [-0.2, -0.15) is 0 Å². The first kappa shape index (κ1) is 19.3. The molecule has 30 heavy (non-hydrogen) atoms. The zero-order chi connectivity index (χ0) is 20.3. The van der Waals surface area contributed by atoms with E-state index in [1.54, 1.807) is 0 Å². The van der Waals surface area contributed by atoms with Crippen molar-refractivity contribution in [3.63, 3.8) is 0 Å². The second-order valence-electron chi connectivity index (χ2n) is 8.44. The number of rotatable bonds is 5. The van der Waals surface area contributed by atoms with Gasteiger partial charge in [-0.1, -0.05) is 42.5 Å². The molecule has 2 fully saturated rings. The summed E-state index contributed by atoms with van der Waals surface area (Å²) in [7, 11) is 0. The molecule has 5 heteroatoms. The Kier molecular flexibility index (Phi) is 5.56. The highest BCUT2D eigenvalue weighted by Crippen LogP contribution is 2.31. The quantitative estimate of drug-likeness (QED) is 0.608. The van der Waals surface area contributed by atoms with Crippen LogP contribution in [0.1, 0.15) is 24.0 Å². The molecule has 0 spiro atoms. The lowest BCUT2D eigenvalue weighted by atomic mass is 10.1. The van der Waals surface area contributed by atoms with Gasteiger partial charge >= 0.3 is 5.63 Å². The molecule has 0 N–H and O–H groups in total. The van der Waals surface area contributed by atoms with Gasteiger partial charge in [-0.25, -0.2) is 4.79 Å². The summed E-state index contributed by atoms with van der Waals surface area (Å²) < 4.78 is 5.72. The Morgan fingerprint density at radius 3 is 2.17 bits per heavy atom. The van der Waals surface area contributed by atoms with Gasteiger partial charge < -0.3 is 9.32 Å². The fourth-order valence-corrected chi connectivity index (χ4v) is 4.81. The van der Waals surface area contributed by atoms with Crippen molar-refractivity contribution in [1.82, 2.24) is 9.80 Å². The van der Waals surface area contributed by atoms with E-state index in [0.29, 0.717) is 12.1 Å². The van der Waals surface area contributed by atoms with Gasteiger partial charge in [-0.3, -0.25) is 9.80 Å². The van der Waals surface area contributed by atoms with Crippen molar-refractivity contribution in [2.75, 3.05) is 44.2 Å². The molecule has 5 rings (SSSR count). The van der Waals surface area contributed by atoms with E-state index < -0.39 is 0 Å². The number of para-hydroxylation sites is 1. The predicted octanol–water partition coefficient (Wildman–Crippen LogP) is 3.71. The molecular formula is C25H29N3O2. The number of hydrogen-bond donors (Lipinski definition) is 0. The summed E-state index contributed by atoms with van der Waals surface area (Å²) >= 11 is 0. The fraction of sp³-hybridized carbons (Fsp3) is 0.400. The third-order valence-electron chi connectivity index (χ3n) is 6.40. The summed E-state index contributed by atoms with van der Waals surface area (Å²) in [5.74, 6) is 0. The Bertz CT molecular complexity index is 1050. The zero-order valence-corrected chi connectivity index (χ0v) is 17.4. The van der Waals surface area contributed by atoms with Crippen LogP contribution in [0.3, 0.4) is 0 Å². The van der Waals surface area contributed by atoms with Gasteiger partial charge in [0.25, 0.3) is 0 Å². The Balaban J connectivity index is 1.42. The number of benzene rings is 2. The van der Waals surface area contributed by atoms with Crippen LogP contribution in [0, 0.1) is 0 Å². The van der Waals surface area contributed by atoms with Crippen LogP contribution in [0.25, 0.3) is 11.0 Å². The molecule has 0 atom stereocenters. The predicted molar refractivity (Wildman–Crippen MR) is 121 cm³/mol. The average Bonchev–Trinajstić information content (AvgIpc) is 3.29. The number of hydrogen-bond acceptors (Lipinski definition) is 5. The van der Waals surface area contributed by atoms with Crippen LogP contribution in [0.15, 0.2) is 63.8 Å². The topological polar surface area (TPSA) is 39.9 Å². The van der Waals surface area contributed by atoms with Crippen molar-refractivity contribution < 1.29 is 4.42 Å². The van der Waals surface area contributed by atoms with Gasteiger partial charge in [-0.15, -0.1) is 0 Å². The Hall–Kier alpha value is -2.63. The first-order chi connectivity index (χ1) is 14.8. The van der Waals surface area contributed by atoms with Crippen molar-refractivity contribution >= 4 is 16.7 Å². The molecule has 2 saturated heterocycles. The summed E-state index contributed by atoms with van der Waals surface area (Å²) in [4.78, 5) is 20.3. The number of fused-ring (bicyclic) bond motifs is 1. The molecule has 0 unspecified atom stereocenters. The van der Waals surface area contributed by atoms with Crippen LogP contribution in [0.2, 0.25) is 0 Å². The highest BCUT2D eigenvalue weighted by Gasteiger charge is 2.25. The highest BCUT2D eigenvalue weighted by atomic mass is 16.4. The summed E-state index contributed by atoms with van der Waals surface area (Å²) in [5.41, 5.74) is 3.78. The van der Waals surface area contributed by atoms with Crippen molar-refractivity contribution in [2.24, 2.45) is 0 Å². The molecule has 2 aromatic carbocycles. The maximum absolute atomic E-state index is 13.0. The molecule has 5 nitrogen and oxygen atoms in total. The van der Waals surface area contributed by atoms with Crippen LogP contribution < -0.4 is 10.5 Å². The monoisotopic (exact) mass is 403 g/mol. The molecule has 1 aromatic heterocycles. The third kappa shape index (κ3) is 4.00. The largest absolute Gasteiger partial charge is 0.422 e. The lowest BCUT2D eigenvalue weighted by molar-refractivity contribution is 0.249. The minimum Gasteiger partial charge on any atom is -0.422 e. The first-order valence-electron chi connectivity index (χ1n) is 11.1. The summed E-state index contributed by atoms with van der Waals surface area (Å²) in [5, 5.41) is 1.06. The van der Waals surface area contributed by atoms with Gasteiger partial charge in [0, 0.05) is 44.7 Å². The van der Waals surface area contributed by atoms with E-state index in [9.17, 15) is 4.79 Å². The minimum absolute atomic E-state index is 0.178. The van der Waals surface area contributed by atoms with Gasteiger partial charge in [0.1, 0.15) is 5.58 Å². The van der Waals surface area contributed by atoms with E-state index in [1.807, 2.05) is 18.2 Å². The average molecular weight is 404 g/mol. The molecule has 2 aliphatic rings. The maximum Gasteiger partial charge on any atom is 0.342 e. The summed E-state index contributed by atoms with van der Waals surface area (Å²) in [6.07, 6.45) is 2.43. The van der Waals surface area contributed by atoms with Gasteiger partial charge in [0.15, 0.2) is 0 Å². The van der Waals surface area contributed by atoms with E-state index >= 15 is 0 Å². The van der Waals surface area contributed by atoms with Crippen molar-refractivity contribution in [2.45, 2.75) is 25.9 Å². The van der Waals surface area contributed by atoms with Crippen LogP contribution in [0.5, 0.6) is 0 Å². The van der Waals surface area contributed by atoms with Gasteiger partial charge in [0.2, 0.25) is 0 Å². The molecule has 0 bridgehead atoms. The van der Waals surface area contributed by atoms with Gasteiger partial charge in [-0.05, 0) is 43.6 Å². The van der Waals surface area contributed by atoms with Crippen molar-refractivity contribution in [3.05, 3.63) is 76.1 Å². The minimum atomic E-state index is -0.178. The van der Waals surface area contributed by atoms with E-state index in [2.05, 4.69) is 51.1 Å². The van der Waals surface area contributed by atoms with Crippen LogP contribution >= 0.6 is 0 Å². The smallest absolute Gasteiger partial charge is 0.342 e. The van der Waals surface area contributed by atoms with Crippen LogP contribution in [0.4, 0.5) is 5.69 Å². The van der Waals surface area contributed by atoms with E-state index in [-0.39, 0.29) is 5.63 Å². The van der Waals surface area contributed by atoms with E-state index in [1.165, 1.54) is 18.4 Å². The lowest BCUT2D eigenvalue weighted by Gasteiger charge is -2.37. The second-order valence-corrected chi connectivity index (χ2v) is 8.44. The maximum atomic E-state index is 13.0. The Labute approximate surface area is 177 Å². The molecular weight excluding hydrogens is 374 g/mol. The van der Waals surface area contributed by atoms with Crippen molar-refractivity contribution in [1.29, 1.82) is 0 Å². The Morgan fingerprint density at radius 2 is 1.40 bits per heavy atom. The summed E-state index contributed by atoms with van der Waals surface area (Å²) in [6.45, 7) is 7.63. The lowest BCUT2D eigenvalue weighted by Crippen LogP contribution is -2.46. The number of nitrogens with zero attached hydrogens (tertiary/aromatic N) is 3. The summed E-state index contributed by atoms with van der Waals surface area (Å²) in [6, 6.07) is 18.6. The zero-order valence-electron chi connectivity index (χ0n) is 17.4. The number of likely N-dealkylation sites (tertiary alicyclic amines) is 1. The molecule has 0 radical (unpaired) electrons. The van der Waals surface area contributed by atoms with E-state index in [0.717, 1.165) is 62.5 Å². The van der Waals surface area contributed by atoms with Crippen LogP contribution in [-0.2, 0) is 13.1 Å². The molecule has 0 aliphatic carbocycles. The highest BCUT2D eigenvalue weighted by molar-refractivity contribution is 5.92. The standard InChI is InChI=1S/C25H29N3O2/c29-25-22(19-26-12-6-7-13-26)24(21-10-4-5-11-23(21)30-25)28-16-14-27(15-17-28)18-20-8-2-1-3-9-20/h1-5,8-11H,6-7,12-19H2. The molecule has 0 saturated carbocycles. The fourth-order valence-electron chi connectivity index (χ4n) is 4.81. The van der Waals surface area contributed by atoms with Crippen LogP contribution in [-0.4, -0.2) is 49.1 Å². The Morgan fingerprint density at radius 1 is 0.733 bits per heavy atom. The molecule has 3 heterocycles. The first-order valence-corrected chi connectivity index (χ1v) is 11.1. The molecule has 156 valence electrons. The van der Waals surface area contributed by atoms with E-state index in [4.69, 9.17) is 4.42 Å². The molecule has 0 amide bonds. The molecule has 2 aliphatic heterocycles. The number of anilines is 1. The number of piperazine rings is 1. The SMILES string of the molecule is O=c1oc2ccccc2c(N2CCN(Cc3ccccc3)CC2)c1CN1CCCC1. The third-order valence-corrected chi connectivity index (χ3v) is 6.40. The van der Waals surface area contributed by atoms with Crippen molar-refractivity contribution in [3.8, 4) is 0 Å². The molecule has 3 aromatic rings. The van der Waals surface area contributed by atoms with Gasteiger partial charge in [0.05, 0.1) is 11.3 Å².